The highest BCUT2D eigenvalue weighted by molar-refractivity contribution is 6.06. The van der Waals surface area contributed by atoms with Crippen molar-refractivity contribution >= 4 is 16.9 Å². The van der Waals surface area contributed by atoms with Gasteiger partial charge in [0.05, 0.1) is 22.2 Å². The van der Waals surface area contributed by atoms with E-state index in [9.17, 15) is 4.79 Å². The number of nitrogens with zero attached hydrogens (tertiary/aromatic N) is 5. The number of hydrogen-bond acceptors (Lipinski definition) is 4. The summed E-state index contributed by atoms with van der Waals surface area (Å²) in [5.41, 5.74) is 3.28. The normalized spacial score (nSPS) is 21.3. The largest absolute Gasteiger partial charge is 0.338 e. The van der Waals surface area contributed by atoms with Crippen molar-refractivity contribution in [2.75, 3.05) is 32.7 Å². The topological polar surface area (TPSA) is 54.3 Å². The Morgan fingerprint density at radius 2 is 1.85 bits per heavy atom. The first-order chi connectivity index (χ1) is 15.5. The fourth-order valence-electron chi connectivity index (χ4n) is 5.42. The van der Waals surface area contributed by atoms with E-state index in [1.54, 1.807) is 0 Å². The third-order valence-electron chi connectivity index (χ3n) is 7.49. The molecule has 2 saturated heterocycles. The van der Waals surface area contributed by atoms with Crippen LogP contribution in [0.3, 0.4) is 0 Å². The van der Waals surface area contributed by atoms with Gasteiger partial charge in [-0.15, -0.1) is 0 Å². The predicted molar refractivity (Wildman–Crippen MR) is 135 cm³/mol. The highest BCUT2D eigenvalue weighted by atomic mass is 16.2. The van der Waals surface area contributed by atoms with Gasteiger partial charge in [-0.1, -0.05) is 20.8 Å². The summed E-state index contributed by atoms with van der Waals surface area (Å²) < 4.78 is 2.00. The summed E-state index contributed by atoms with van der Waals surface area (Å²) in [5, 5.41) is 5.75. The molecule has 1 unspecified atom stereocenters. The van der Waals surface area contributed by atoms with Crippen LogP contribution in [-0.4, -0.2) is 63.2 Å². The zero-order valence-electron chi connectivity index (χ0n) is 21.8. The maximum atomic E-state index is 13.9. The molecule has 1 atom stereocenters. The van der Waals surface area contributed by atoms with Crippen LogP contribution in [0.15, 0.2) is 6.07 Å². The van der Waals surface area contributed by atoms with E-state index in [-0.39, 0.29) is 17.4 Å². The van der Waals surface area contributed by atoms with Gasteiger partial charge < -0.3 is 9.80 Å². The lowest BCUT2D eigenvalue weighted by Crippen LogP contribution is -2.45. The van der Waals surface area contributed by atoms with E-state index in [1.165, 1.54) is 32.4 Å². The molecule has 0 spiro atoms. The van der Waals surface area contributed by atoms with Crippen molar-refractivity contribution in [1.29, 1.82) is 0 Å². The van der Waals surface area contributed by atoms with Gasteiger partial charge in [0.1, 0.15) is 0 Å². The average molecular weight is 454 g/mol. The summed E-state index contributed by atoms with van der Waals surface area (Å²) in [6.45, 7) is 20.3. The first-order valence-corrected chi connectivity index (χ1v) is 13.0. The highest BCUT2D eigenvalue weighted by Gasteiger charge is 2.30. The average Bonchev–Trinajstić information content (AvgIpc) is 3.11. The summed E-state index contributed by atoms with van der Waals surface area (Å²) in [4.78, 5) is 23.6. The fourth-order valence-corrected chi connectivity index (χ4v) is 5.42. The minimum absolute atomic E-state index is 0.151. The van der Waals surface area contributed by atoms with E-state index in [2.05, 4.69) is 51.3 Å². The smallest absolute Gasteiger partial charge is 0.254 e. The van der Waals surface area contributed by atoms with Gasteiger partial charge in [-0.3, -0.25) is 4.79 Å². The van der Waals surface area contributed by atoms with E-state index in [4.69, 9.17) is 10.1 Å². The van der Waals surface area contributed by atoms with Crippen LogP contribution in [0, 0.1) is 18.8 Å². The SMILES string of the molecule is Cc1nn(C(C)(C)C)c2nc(C(C)C)cc(C(=O)N3CCCC(CN4CCC(C)CC4)C3)c12. The van der Waals surface area contributed by atoms with Gasteiger partial charge in [0.2, 0.25) is 0 Å². The molecule has 2 fully saturated rings. The molecule has 0 saturated carbocycles. The number of piperidine rings is 2. The Balaban J connectivity index is 1.62. The van der Waals surface area contributed by atoms with Crippen LogP contribution in [0.4, 0.5) is 0 Å². The Bertz CT molecular complexity index is 994. The van der Waals surface area contributed by atoms with Gasteiger partial charge in [0, 0.05) is 25.3 Å². The predicted octanol–water partition coefficient (Wildman–Crippen LogP) is 5.20. The number of aryl methyl sites for hydroxylation is 1. The first kappa shape index (κ1) is 24.2. The quantitative estimate of drug-likeness (QED) is 0.638. The van der Waals surface area contributed by atoms with E-state index in [1.807, 2.05) is 17.7 Å². The van der Waals surface area contributed by atoms with Gasteiger partial charge in [0.15, 0.2) is 5.65 Å². The Labute approximate surface area is 199 Å². The summed E-state index contributed by atoms with van der Waals surface area (Å²) in [6.07, 6.45) is 4.92. The molecule has 2 aliphatic rings. The number of likely N-dealkylation sites (tertiary alicyclic amines) is 2. The van der Waals surface area contributed by atoms with E-state index in [0.717, 1.165) is 60.0 Å². The van der Waals surface area contributed by atoms with E-state index >= 15 is 0 Å². The standard InChI is InChI=1S/C27H43N5O/c1-18(2)23-15-22(24-20(4)29-32(25(24)28-23)27(5,6)7)26(33)31-12-8-9-21(17-31)16-30-13-10-19(3)11-14-30/h15,18-19,21H,8-14,16-17H2,1-7H3. The fraction of sp³-hybridized carbons (Fsp3) is 0.741. The molecule has 6 nitrogen and oxygen atoms in total. The molecule has 2 aliphatic heterocycles. The Morgan fingerprint density at radius 3 is 2.48 bits per heavy atom. The summed E-state index contributed by atoms with van der Waals surface area (Å²) in [7, 11) is 0. The molecular formula is C27H43N5O. The molecule has 6 heteroatoms. The maximum Gasteiger partial charge on any atom is 0.254 e. The van der Waals surface area contributed by atoms with Crippen LogP contribution >= 0.6 is 0 Å². The van der Waals surface area contributed by atoms with Crippen molar-refractivity contribution < 1.29 is 4.79 Å². The minimum atomic E-state index is -0.197. The monoisotopic (exact) mass is 453 g/mol. The second kappa shape index (κ2) is 9.36. The van der Waals surface area contributed by atoms with Crippen molar-refractivity contribution in [3.63, 3.8) is 0 Å². The van der Waals surface area contributed by atoms with E-state index < -0.39 is 0 Å². The highest BCUT2D eigenvalue weighted by Crippen LogP contribution is 2.31. The van der Waals surface area contributed by atoms with Crippen LogP contribution in [-0.2, 0) is 5.54 Å². The summed E-state index contributed by atoms with van der Waals surface area (Å²) in [5.74, 6) is 1.82. The van der Waals surface area contributed by atoms with Gasteiger partial charge >= 0.3 is 0 Å². The van der Waals surface area contributed by atoms with Crippen molar-refractivity contribution in [1.82, 2.24) is 24.6 Å². The zero-order chi connectivity index (χ0) is 23.9. The van der Waals surface area contributed by atoms with Gasteiger partial charge in [-0.05, 0) is 90.3 Å². The number of carbonyl (C=O) groups is 1. The summed E-state index contributed by atoms with van der Waals surface area (Å²) in [6, 6.07) is 2.03. The Hall–Kier alpha value is -1.95. The van der Waals surface area contributed by atoms with E-state index in [0.29, 0.717) is 5.92 Å². The van der Waals surface area contributed by atoms with Crippen LogP contribution in [0.5, 0.6) is 0 Å². The van der Waals surface area contributed by atoms with Gasteiger partial charge in [-0.25, -0.2) is 9.67 Å². The maximum absolute atomic E-state index is 13.9. The number of aromatic nitrogens is 3. The van der Waals surface area contributed by atoms with Crippen molar-refractivity contribution in [3.05, 3.63) is 23.0 Å². The van der Waals surface area contributed by atoms with Gasteiger partial charge in [-0.2, -0.15) is 5.10 Å². The number of amides is 1. The zero-order valence-corrected chi connectivity index (χ0v) is 21.8. The van der Waals surface area contributed by atoms with Crippen LogP contribution in [0.1, 0.15) is 94.9 Å². The second-order valence-electron chi connectivity index (χ2n) is 11.9. The first-order valence-electron chi connectivity index (χ1n) is 13.0. The molecule has 4 heterocycles. The molecule has 0 N–H and O–H groups in total. The minimum Gasteiger partial charge on any atom is -0.338 e. The van der Waals surface area contributed by atoms with Crippen LogP contribution < -0.4 is 0 Å². The molecule has 2 aromatic heterocycles. The van der Waals surface area contributed by atoms with Crippen molar-refractivity contribution in [3.8, 4) is 0 Å². The molecule has 0 bridgehead atoms. The lowest BCUT2D eigenvalue weighted by Gasteiger charge is -2.38. The molecule has 0 aromatic carbocycles. The molecule has 33 heavy (non-hydrogen) atoms. The third-order valence-corrected chi connectivity index (χ3v) is 7.49. The third kappa shape index (κ3) is 5.11. The van der Waals surface area contributed by atoms with Crippen molar-refractivity contribution in [2.45, 2.75) is 85.6 Å². The van der Waals surface area contributed by atoms with Crippen molar-refractivity contribution in [2.24, 2.45) is 11.8 Å². The molecule has 0 aliphatic carbocycles. The van der Waals surface area contributed by atoms with Gasteiger partial charge in [0.25, 0.3) is 5.91 Å². The second-order valence-corrected chi connectivity index (χ2v) is 11.9. The Kier molecular flexibility index (Phi) is 6.86. The molecule has 2 aromatic rings. The number of pyridine rings is 1. The Morgan fingerprint density at radius 1 is 1.15 bits per heavy atom. The number of carbonyl (C=O) groups excluding carboxylic acids is 1. The molecular weight excluding hydrogens is 410 g/mol. The molecule has 0 radical (unpaired) electrons. The lowest BCUT2D eigenvalue weighted by atomic mass is 9.93. The van der Waals surface area contributed by atoms with Crippen LogP contribution in [0.25, 0.3) is 11.0 Å². The number of fused-ring (bicyclic) bond motifs is 1. The number of hydrogen-bond donors (Lipinski definition) is 0. The molecule has 1 amide bonds. The lowest BCUT2D eigenvalue weighted by molar-refractivity contribution is 0.0624. The summed E-state index contributed by atoms with van der Waals surface area (Å²) >= 11 is 0. The molecule has 182 valence electrons. The molecule has 4 rings (SSSR count). The number of rotatable bonds is 4. The van der Waals surface area contributed by atoms with Crippen LogP contribution in [0.2, 0.25) is 0 Å².